The van der Waals surface area contributed by atoms with E-state index in [2.05, 4.69) is 31.9 Å². The monoisotopic (exact) mass is 797 g/mol. The summed E-state index contributed by atoms with van der Waals surface area (Å²) in [5.41, 5.74) is 5.27. The number of thioether (sulfide) groups is 1. The Morgan fingerprint density at radius 2 is 1.47 bits per heavy atom. The normalized spacial score (nSPS) is 22.1. The molecule has 3 fully saturated rings. The van der Waals surface area contributed by atoms with Gasteiger partial charge >= 0.3 is 5.97 Å². The third-order valence-corrected chi connectivity index (χ3v) is 10.5. The van der Waals surface area contributed by atoms with Gasteiger partial charge in [0, 0.05) is 19.5 Å². The highest BCUT2D eigenvalue weighted by Crippen LogP contribution is 2.22. The van der Waals surface area contributed by atoms with Gasteiger partial charge in [-0.2, -0.15) is 11.8 Å². The van der Waals surface area contributed by atoms with Crippen LogP contribution in [0.4, 0.5) is 0 Å². The summed E-state index contributed by atoms with van der Waals surface area (Å²) in [6.45, 7) is 3.23. The smallest absolute Gasteiger partial charge is 0.326 e. The topological polar surface area (TPSA) is 299 Å². The number of aliphatic carboxylic acids is 1. The van der Waals surface area contributed by atoms with Crippen LogP contribution in [0.5, 0.6) is 0 Å². The van der Waals surface area contributed by atoms with Crippen LogP contribution in [0, 0.1) is 0 Å². The molecule has 3 rings (SSSR count). The number of aliphatic hydroxyl groups is 1. The number of carboxylic acids is 1. The fourth-order valence-electron chi connectivity index (χ4n) is 6.80. The molecule has 0 aliphatic carbocycles. The summed E-state index contributed by atoms with van der Waals surface area (Å²) in [5, 5.41) is 35.3. The Bertz CT molecular complexity index is 1440. The number of nitrogens with one attached hydrogen (secondary N) is 6. The van der Waals surface area contributed by atoms with Gasteiger partial charge in [0.25, 0.3) is 0 Å². The van der Waals surface area contributed by atoms with Gasteiger partial charge in [0.1, 0.15) is 36.3 Å². The van der Waals surface area contributed by atoms with Crippen LogP contribution in [0.2, 0.25) is 0 Å². The first-order valence-electron chi connectivity index (χ1n) is 18.6. The predicted molar refractivity (Wildman–Crippen MR) is 198 cm³/mol. The number of carboxylic acid groups (broad SMARTS) is 1. The van der Waals surface area contributed by atoms with Crippen LogP contribution in [0.25, 0.3) is 0 Å². The second-order valence-corrected chi connectivity index (χ2v) is 15.0. The summed E-state index contributed by atoms with van der Waals surface area (Å²) in [5.74, 6) is -6.24. The van der Waals surface area contributed by atoms with Gasteiger partial charge in [-0.3, -0.25) is 38.4 Å². The molecule has 0 unspecified atom stereocenters. The Balaban J connectivity index is 1.58. The zero-order chi connectivity index (χ0) is 40.8. The third kappa shape index (κ3) is 13.1. The third-order valence-electron chi connectivity index (χ3n) is 9.81. The van der Waals surface area contributed by atoms with Crippen LogP contribution in [0.3, 0.4) is 0 Å². The van der Waals surface area contributed by atoms with Crippen LogP contribution in [0.15, 0.2) is 0 Å². The molecule has 0 aromatic heterocycles. The Kier molecular flexibility index (Phi) is 17.6. The van der Waals surface area contributed by atoms with E-state index >= 15 is 0 Å². The molecule has 0 bridgehead atoms. The number of nitrogens with two attached hydrogens (primary N) is 1. The number of hydrogen-bond donors (Lipinski definition) is 9. The van der Waals surface area contributed by atoms with Crippen molar-refractivity contribution in [3.63, 3.8) is 0 Å². The second-order valence-electron chi connectivity index (χ2n) is 14.0. The molecule has 0 spiro atoms. The Morgan fingerprint density at radius 1 is 0.818 bits per heavy atom. The first kappa shape index (κ1) is 44.9. The number of aliphatic hydroxyl groups excluding tert-OH is 1. The number of primary amides is 1. The maximum Gasteiger partial charge on any atom is 0.326 e. The molecule has 3 aliphatic heterocycles. The zero-order valence-corrected chi connectivity index (χ0v) is 32.3. The zero-order valence-electron chi connectivity index (χ0n) is 31.5. The number of nitrogens with zero attached hydrogens (tertiary/aromatic N) is 2. The molecule has 55 heavy (non-hydrogen) atoms. The maximum atomic E-state index is 13.4. The second kappa shape index (κ2) is 21.6. The molecule has 3 saturated heterocycles. The number of hydrogen-bond acceptors (Lipinski definition) is 12. The number of likely N-dealkylation sites (tertiary alicyclic amines) is 2. The van der Waals surface area contributed by atoms with Gasteiger partial charge in [-0.05, 0) is 83.8 Å². The number of carbonyl (C=O) groups is 9. The lowest BCUT2D eigenvalue weighted by Gasteiger charge is -2.29. The molecular weight excluding hydrogens is 742 g/mol. The SMILES string of the molecule is CSCC[C@H](NC(=O)[C@H](C)NC(=O)CNC(=O)[C@H](CCC(N)=O)NC(=O)[C@@H](NC(=O)[C@@H]1CCCN1C(=O)[C@@H]1CCCN1)[C@@H](C)O)C(=O)N1CCC[C@H]1C(=O)O. The van der Waals surface area contributed by atoms with E-state index in [0.717, 1.165) is 6.42 Å². The first-order valence-corrected chi connectivity index (χ1v) is 20.0. The summed E-state index contributed by atoms with van der Waals surface area (Å²) >= 11 is 1.43. The standard InChI is InChI=1S/C34H55N9O11S/c1-18(28(47)40-22(12-16-55-3)33(52)43-15-6-9-24(43)34(53)54)38-26(46)17-37-29(48)20(10-11-25(35)45)39-31(50)27(19(2)44)41-30(49)23-8-5-14-42(23)32(51)21-7-4-13-36-21/h18-24,27,36,44H,4-17H2,1-3H3,(H2,35,45)(H,37,48)(H,38,46)(H,39,50)(H,40,47)(H,41,49)(H,53,54)/t18-,19+,20-,21-,22-,23-,24-,27-/m0/s1. The lowest BCUT2D eigenvalue weighted by atomic mass is 10.1. The van der Waals surface area contributed by atoms with E-state index in [1.54, 1.807) is 0 Å². The van der Waals surface area contributed by atoms with Crippen molar-refractivity contribution in [1.82, 2.24) is 41.7 Å². The van der Waals surface area contributed by atoms with Crippen LogP contribution < -0.4 is 37.6 Å². The van der Waals surface area contributed by atoms with Crippen LogP contribution in [-0.2, 0) is 43.2 Å². The lowest BCUT2D eigenvalue weighted by Crippen LogP contribution is -2.60. The van der Waals surface area contributed by atoms with E-state index in [4.69, 9.17) is 5.73 Å². The van der Waals surface area contributed by atoms with E-state index in [-0.39, 0.29) is 31.7 Å². The minimum Gasteiger partial charge on any atom is -0.480 e. The van der Waals surface area contributed by atoms with Crippen LogP contribution in [0.1, 0.15) is 71.6 Å². The van der Waals surface area contributed by atoms with E-state index in [1.165, 1.54) is 35.4 Å². The Labute approximate surface area is 323 Å². The van der Waals surface area contributed by atoms with Crippen molar-refractivity contribution in [3.8, 4) is 0 Å². The van der Waals surface area contributed by atoms with Gasteiger partial charge in [0.05, 0.1) is 18.7 Å². The molecule has 308 valence electrons. The van der Waals surface area contributed by atoms with Crippen molar-refractivity contribution in [2.75, 3.05) is 38.2 Å². The minimum atomic E-state index is -1.55. The Morgan fingerprint density at radius 3 is 2.07 bits per heavy atom. The number of amides is 8. The largest absolute Gasteiger partial charge is 0.480 e. The van der Waals surface area contributed by atoms with E-state index in [9.17, 15) is 53.4 Å². The summed E-state index contributed by atoms with van der Waals surface area (Å²) in [4.78, 5) is 118. The molecule has 0 aromatic carbocycles. The van der Waals surface area contributed by atoms with Gasteiger partial charge in [0.15, 0.2) is 0 Å². The van der Waals surface area contributed by atoms with Gasteiger partial charge in [-0.1, -0.05) is 0 Å². The van der Waals surface area contributed by atoms with Crippen LogP contribution in [-0.4, -0.2) is 160 Å². The first-order chi connectivity index (χ1) is 26.0. The van der Waals surface area contributed by atoms with Crippen molar-refractivity contribution in [2.45, 2.75) is 120 Å². The fourth-order valence-corrected chi connectivity index (χ4v) is 7.27. The van der Waals surface area contributed by atoms with E-state index < -0.39 is 102 Å². The fraction of sp³-hybridized carbons (Fsp3) is 0.735. The molecule has 10 N–H and O–H groups in total. The molecule has 0 radical (unpaired) electrons. The summed E-state index contributed by atoms with van der Waals surface area (Å²) in [6, 6.07) is -7.45. The molecule has 8 atom stereocenters. The molecular formula is C34H55N9O11S. The summed E-state index contributed by atoms with van der Waals surface area (Å²) in [7, 11) is 0. The molecule has 3 heterocycles. The summed E-state index contributed by atoms with van der Waals surface area (Å²) < 4.78 is 0. The highest BCUT2D eigenvalue weighted by atomic mass is 32.2. The minimum absolute atomic E-state index is 0.214. The molecule has 8 amide bonds. The molecule has 3 aliphatic rings. The molecule has 0 aromatic rings. The molecule has 0 saturated carbocycles. The van der Waals surface area contributed by atoms with Gasteiger partial charge in [-0.25, -0.2) is 4.79 Å². The van der Waals surface area contributed by atoms with Crippen molar-refractivity contribution in [1.29, 1.82) is 0 Å². The number of rotatable bonds is 20. The van der Waals surface area contributed by atoms with Crippen molar-refractivity contribution < 1.29 is 53.4 Å². The van der Waals surface area contributed by atoms with Gasteiger partial charge in [0.2, 0.25) is 47.3 Å². The average molecular weight is 798 g/mol. The lowest BCUT2D eigenvalue weighted by molar-refractivity contribution is -0.149. The highest BCUT2D eigenvalue weighted by molar-refractivity contribution is 7.98. The predicted octanol–water partition coefficient (Wildman–Crippen LogP) is -3.72. The summed E-state index contributed by atoms with van der Waals surface area (Å²) in [6.07, 6.45) is 3.17. The quantitative estimate of drug-likeness (QED) is 0.0574. The molecule has 21 heteroatoms. The Hall–Kier alpha value is -4.50. The van der Waals surface area contributed by atoms with Crippen molar-refractivity contribution >= 4 is 65.0 Å². The van der Waals surface area contributed by atoms with Crippen molar-refractivity contribution in [3.05, 3.63) is 0 Å². The average Bonchev–Trinajstić information content (AvgIpc) is 3.94. The van der Waals surface area contributed by atoms with Gasteiger partial charge in [-0.15, -0.1) is 0 Å². The van der Waals surface area contributed by atoms with Crippen molar-refractivity contribution in [2.24, 2.45) is 5.73 Å². The molecule has 20 nitrogen and oxygen atoms in total. The van der Waals surface area contributed by atoms with Gasteiger partial charge < -0.3 is 57.6 Å². The maximum absolute atomic E-state index is 13.4. The number of carbonyl (C=O) groups excluding carboxylic acids is 8. The van der Waals surface area contributed by atoms with E-state index in [1.807, 2.05) is 6.26 Å². The highest BCUT2D eigenvalue weighted by Gasteiger charge is 2.41. The van der Waals surface area contributed by atoms with Crippen LogP contribution >= 0.6 is 11.8 Å². The van der Waals surface area contributed by atoms with E-state index in [0.29, 0.717) is 50.9 Å².